The summed E-state index contributed by atoms with van der Waals surface area (Å²) >= 11 is 0. The molecule has 1 atom stereocenters. The number of nitrogens with zero attached hydrogens (tertiary/aromatic N) is 2. The van der Waals surface area contributed by atoms with Crippen LogP contribution >= 0.6 is 0 Å². The number of hydrogen-bond donors (Lipinski definition) is 1. The summed E-state index contributed by atoms with van der Waals surface area (Å²) in [6.07, 6.45) is 0.0247. The molecule has 2 amide bonds. The summed E-state index contributed by atoms with van der Waals surface area (Å²) in [6.45, 7) is 8.76. The van der Waals surface area contributed by atoms with Gasteiger partial charge in [-0.1, -0.05) is 12.1 Å². The minimum atomic E-state index is -0.632. The van der Waals surface area contributed by atoms with Crippen molar-refractivity contribution in [1.29, 1.82) is 0 Å². The lowest BCUT2D eigenvalue weighted by atomic mass is 10.2. The summed E-state index contributed by atoms with van der Waals surface area (Å²) in [7, 11) is 0. The number of esters is 1. The first-order valence-corrected chi connectivity index (χ1v) is 10.2. The average molecular weight is 405 g/mol. The fraction of sp³-hybridized carbons (Fsp3) is 0.571. The molecule has 0 spiro atoms. The van der Waals surface area contributed by atoms with E-state index in [1.807, 2.05) is 31.2 Å². The molecule has 29 heavy (non-hydrogen) atoms. The third kappa shape index (κ3) is 6.66. The average Bonchev–Trinajstić information content (AvgIpc) is 2.73. The molecular formula is C21H31N3O5. The standard InChI is InChI=1S/C21H31N3O5/c1-4-28-18-9-7-6-8-17(18)23-12-14-24(15-13-23)21(27)16(3)22-19(25)10-11-20(26)29-5-2/h6-9,16H,4-5,10-15H2,1-3H3,(H,22,25). The number of hydrogen-bond acceptors (Lipinski definition) is 6. The zero-order valence-corrected chi connectivity index (χ0v) is 17.5. The van der Waals surface area contributed by atoms with Crippen LogP contribution in [0.2, 0.25) is 0 Å². The van der Waals surface area contributed by atoms with Crippen LogP contribution in [0.5, 0.6) is 5.75 Å². The van der Waals surface area contributed by atoms with Gasteiger partial charge in [-0.15, -0.1) is 0 Å². The van der Waals surface area contributed by atoms with Crippen LogP contribution in [-0.2, 0) is 19.1 Å². The molecule has 2 rings (SSSR count). The summed E-state index contributed by atoms with van der Waals surface area (Å²) in [5.41, 5.74) is 1.03. The lowest BCUT2D eigenvalue weighted by Gasteiger charge is -2.37. The normalized spacial score (nSPS) is 14.9. The van der Waals surface area contributed by atoms with Crippen molar-refractivity contribution in [2.24, 2.45) is 0 Å². The third-order valence-electron chi connectivity index (χ3n) is 4.71. The molecule has 1 heterocycles. The second-order valence-electron chi connectivity index (χ2n) is 6.81. The first-order chi connectivity index (χ1) is 14.0. The second-order valence-corrected chi connectivity index (χ2v) is 6.81. The number of carbonyl (C=O) groups excluding carboxylic acids is 3. The van der Waals surface area contributed by atoms with Crippen LogP contribution in [0.15, 0.2) is 24.3 Å². The maximum Gasteiger partial charge on any atom is 0.306 e. The number of para-hydroxylation sites is 2. The van der Waals surface area contributed by atoms with Crippen LogP contribution in [-0.4, -0.2) is 68.1 Å². The highest BCUT2D eigenvalue weighted by Crippen LogP contribution is 2.28. The Morgan fingerprint density at radius 2 is 1.72 bits per heavy atom. The van der Waals surface area contributed by atoms with Crippen molar-refractivity contribution in [2.45, 2.75) is 39.7 Å². The number of piperazine rings is 1. The molecule has 8 heteroatoms. The summed E-state index contributed by atoms with van der Waals surface area (Å²) in [6, 6.07) is 7.26. The monoisotopic (exact) mass is 405 g/mol. The van der Waals surface area contributed by atoms with Crippen LogP contribution in [0.25, 0.3) is 0 Å². The summed E-state index contributed by atoms with van der Waals surface area (Å²) in [5, 5.41) is 2.67. The number of amides is 2. The maximum absolute atomic E-state index is 12.7. The van der Waals surface area contributed by atoms with Crippen molar-refractivity contribution in [1.82, 2.24) is 10.2 Å². The molecule has 0 aromatic heterocycles. The molecule has 1 fully saturated rings. The Balaban J connectivity index is 1.82. The lowest BCUT2D eigenvalue weighted by molar-refractivity contribution is -0.144. The summed E-state index contributed by atoms with van der Waals surface area (Å²) in [5.74, 6) is -0.0162. The van der Waals surface area contributed by atoms with E-state index in [0.29, 0.717) is 32.8 Å². The molecule has 0 aliphatic carbocycles. The maximum atomic E-state index is 12.7. The molecule has 1 aliphatic heterocycles. The SMILES string of the molecule is CCOC(=O)CCC(=O)NC(C)C(=O)N1CCN(c2ccccc2OCC)CC1. The van der Waals surface area contributed by atoms with Crippen LogP contribution in [0, 0.1) is 0 Å². The predicted octanol–water partition coefficient (Wildman–Crippen LogP) is 1.58. The van der Waals surface area contributed by atoms with E-state index in [4.69, 9.17) is 9.47 Å². The van der Waals surface area contributed by atoms with E-state index < -0.39 is 12.0 Å². The minimum Gasteiger partial charge on any atom is -0.492 e. The third-order valence-corrected chi connectivity index (χ3v) is 4.71. The predicted molar refractivity (Wildman–Crippen MR) is 110 cm³/mol. The summed E-state index contributed by atoms with van der Waals surface area (Å²) < 4.78 is 10.5. The topological polar surface area (TPSA) is 88.2 Å². The number of carbonyl (C=O) groups is 3. The van der Waals surface area contributed by atoms with E-state index >= 15 is 0 Å². The Labute approximate surface area is 172 Å². The van der Waals surface area contributed by atoms with Gasteiger partial charge in [-0.2, -0.15) is 0 Å². The molecule has 0 radical (unpaired) electrons. The minimum absolute atomic E-state index is 0.0123. The Hall–Kier alpha value is -2.77. The number of benzene rings is 1. The van der Waals surface area contributed by atoms with Crippen LogP contribution < -0.4 is 15.0 Å². The van der Waals surface area contributed by atoms with Crippen LogP contribution in [0.3, 0.4) is 0 Å². The molecular weight excluding hydrogens is 374 g/mol. The van der Waals surface area contributed by atoms with Crippen LogP contribution in [0.4, 0.5) is 5.69 Å². The lowest BCUT2D eigenvalue weighted by Crippen LogP contribution is -2.54. The largest absolute Gasteiger partial charge is 0.492 e. The van der Waals surface area contributed by atoms with Gasteiger partial charge in [0, 0.05) is 32.6 Å². The number of rotatable bonds is 9. The van der Waals surface area contributed by atoms with Crippen molar-refractivity contribution in [3.63, 3.8) is 0 Å². The van der Waals surface area contributed by atoms with Gasteiger partial charge in [-0.05, 0) is 32.9 Å². The molecule has 160 valence electrons. The smallest absolute Gasteiger partial charge is 0.306 e. The first kappa shape index (κ1) is 22.5. The molecule has 1 aromatic carbocycles. The Morgan fingerprint density at radius 1 is 1.03 bits per heavy atom. The molecule has 1 aliphatic rings. The van der Waals surface area contributed by atoms with E-state index in [1.165, 1.54) is 0 Å². The summed E-state index contributed by atoms with van der Waals surface area (Å²) in [4.78, 5) is 39.9. The van der Waals surface area contributed by atoms with Gasteiger partial charge < -0.3 is 24.6 Å². The van der Waals surface area contributed by atoms with Crippen molar-refractivity contribution in [3.05, 3.63) is 24.3 Å². The molecule has 8 nitrogen and oxygen atoms in total. The Kier molecular flexibility index (Phi) is 8.76. The molecule has 1 unspecified atom stereocenters. The number of anilines is 1. The fourth-order valence-corrected chi connectivity index (χ4v) is 3.26. The number of ether oxygens (including phenoxy) is 2. The van der Waals surface area contributed by atoms with Crippen molar-refractivity contribution in [2.75, 3.05) is 44.3 Å². The Bertz CT molecular complexity index is 701. The van der Waals surface area contributed by atoms with Gasteiger partial charge >= 0.3 is 5.97 Å². The van der Waals surface area contributed by atoms with Gasteiger partial charge in [0.25, 0.3) is 0 Å². The van der Waals surface area contributed by atoms with Gasteiger partial charge in [-0.25, -0.2) is 0 Å². The molecule has 1 saturated heterocycles. The van der Waals surface area contributed by atoms with Crippen molar-refractivity contribution < 1.29 is 23.9 Å². The van der Waals surface area contributed by atoms with E-state index in [9.17, 15) is 14.4 Å². The molecule has 0 saturated carbocycles. The highest BCUT2D eigenvalue weighted by atomic mass is 16.5. The van der Waals surface area contributed by atoms with Crippen molar-refractivity contribution in [3.8, 4) is 5.75 Å². The van der Waals surface area contributed by atoms with Gasteiger partial charge in [0.1, 0.15) is 11.8 Å². The highest BCUT2D eigenvalue weighted by molar-refractivity contribution is 5.88. The van der Waals surface area contributed by atoms with Gasteiger partial charge in [-0.3, -0.25) is 14.4 Å². The Morgan fingerprint density at radius 3 is 2.38 bits per heavy atom. The van der Waals surface area contributed by atoms with Gasteiger partial charge in [0.05, 0.1) is 25.3 Å². The molecule has 1 aromatic rings. The van der Waals surface area contributed by atoms with E-state index in [2.05, 4.69) is 10.2 Å². The zero-order chi connectivity index (χ0) is 21.2. The van der Waals surface area contributed by atoms with Gasteiger partial charge in [0.15, 0.2) is 0 Å². The molecule has 0 bridgehead atoms. The van der Waals surface area contributed by atoms with Crippen molar-refractivity contribution >= 4 is 23.5 Å². The highest BCUT2D eigenvalue weighted by Gasteiger charge is 2.27. The van der Waals surface area contributed by atoms with Gasteiger partial charge in [0.2, 0.25) is 11.8 Å². The van der Waals surface area contributed by atoms with E-state index in [1.54, 1.807) is 18.7 Å². The molecule has 1 N–H and O–H groups in total. The zero-order valence-electron chi connectivity index (χ0n) is 17.5. The fourth-order valence-electron chi connectivity index (χ4n) is 3.26. The quantitative estimate of drug-likeness (QED) is 0.628. The number of nitrogens with one attached hydrogen (secondary N) is 1. The first-order valence-electron chi connectivity index (χ1n) is 10.2. The van der Waals surface area contributed by atoms with E-state index in [-0.39, 0.29) is 31.3 Å². The second kappa shape index (κ2) is 11.3. The van der Waals surface area contributed by atoms with E-state index in [0.717, 1.165) is 11.4 Å². The van der Waals surface area contributed by atoms with Crippen LogP contribution in [0.1, 0.15) is 33.6 Å².